The van der Waals surface area contributed by atoms with E-state index < -0.39 is 0 Å². The van der Waals surface area contributed by atoms with Crippen molar-refractivity contribution < 1.29 is 10.0 Å². The molecule has 5 nitrogen and oxygen atoms in total. The first-order chi connectivity index (χ1) is 10.2. The van der Waals surface area contributed by atoms with Crippen molar-refractivity contribution >= 4 is 5.69 Å². The Morgan fingerprint density at radius 2 is 2.19 bits per heavy atom. The van der Waals surface area contributed by atoms with Gasteiger partial charge in [0.05, 0.1) is 4.92 Å². The Labute approximate surface area is 125 Å². The number of rotatable bonds is 6. The summed E-state index contributed by atoms with van der Waals surface area (Å²) in [5.74, 6) is 0.159. The zero-order valence-corrected chi connectivity index (χ0v) is 12.6. The molecule has 0 aromatic heterocycles. The second-order valence-corrected chi connectivity index (χ2v) is 5.81. The van der Waals surface area contributed by atoms with Crippen LogP contribution in [0.2, 0.25) is 0 Å². The molecule has 0 spiro atoms. The second-order valence-electron chi connectivity index (χ2n) is 5.81. The number of likely N-dealkylation sites (tertiary alicyclic amines) is 1. The first kappa shape index (κ1) is 15.9. The van der Waals surface area contributed by atoms with Gasteiger partial charge in [-0.05, 0) is 31.8 Å². The van der Waals surface area contributed by atoms with Crippen LogP contribution >= 0.6 is 0 Å². The summed E-state index contributed by atoms with van der Waals surface area (Å²) in [4.78, 5) is 13.3. The Balaban J connectivity index is 2.15. The number of hydrogen-bond donors (Lipinski definition) is 1. The maximum Gasteiger partial charge on any atom is 0.272 e. The van der Waals surface area contributed by atoms with Crippen molar-refractivity contribution in [3.05, 3.63) is 39.9 Å². The third kappa shape index (κ3) is 3.80. The van der Waals surface area contributed by atoms with Gasteiger partial charge in [-0.15, -0.1) is 0 Å². The molecule has 2 atom stereocenters. The first-order valence-electron chi connectivity index (χ1n) is 7.73. The number of hydrogen-bond acceptors (Lipinski definition) is 4. The van der Waals surface area contributed by atoms with Crippen molar-refractivity contribution in [1.82, 2.24) is 4.90 Å². The molecule has 1 heterocycles. The molecule has 1 aliphatic heterocycles. The van der Waals surface area contributed by atoms with Crippen molar-refractivity contribution in [3.8, 4) is 0 Å². The van der Waals surface area contributed by atoms with E-state index in [1.165, 1.54) is 0 Å². The zero-order chi connectivity index (χ0) is 15.2. The summed E-state index contributed by atoms with van der Waals surface area (Å²) in [5.41, 5.74) is 0.958. The highest BCUT2D eigenvalue weighted by atomic mass is 16.6. The summed E-state index contributed by atoms with van der Waals surface area (Å²) in [6, 6.07) is 6.95. The molecule has 1 aromatic carbocycles. The largest absolute Gasteiger partial charge is 0.396 e. The summed E-state index contributed by atoms with van der Waals surface area (Å²) in [5, 5.41) is 20.9. The molecule has 0 radical (unpaired) electrons. The van der Waals surface area contributed by atoms with Crippen LogP contribution in [0.3, 0.4) is 0 Å². The number of nitro benzene ring substituents is 1. The van der Waals surface area contributed by atoms with Gasteiger partial charge < -0.3 is 10.0 Å². The molecule has 0 aliphatic carbocycles. The smallest absolute Gasteiger partial charge is 0.272 e. The molecule has 1 aromatic rings. The van der Waals surface area contributed by atoms with Crippen molar-refractivity contribution in [3.63, 3.8) is 0 Å². The van der Waals surface area contributed by atoms with E-state index in [2.05, 4.69) is 11.8 Å². The second kappa shape index (κ2) is 7.52. The molecule has 0 saturated carbocycles. The van der Waals surface area contributed by atoms with Crippen molar-refractivity contribution in [1.29, 1.82) is 0 Å². The van der Waals surface area contributed by atoms with E-state index in [1.54, 1.807) is 12.1 Å². The monoisotopic (exact) mass is 292 g/mol. The summed E-state index contributed by atoms with van der Waals surface area (Å²) in [6.45, 7) is 5.08. The highest BCUT2D eigenvalue weighted by Crippen LogP contribution is 2.37. The van der Waals surface area contributed by atoms with Crippen LogP contribution < -0.4 is 0 Å². The lowest BCUT2D eigenvalue weighted by Crippen LogP contribution is -2.41. The average molecular weight is 292 g/mol. The predicted molar refractivity (Wildman–Crippen MR) is 82.4 cm³/mol. The minimum Gasteiger partial charge on any atom is -0.396 e. The summed E-state index contributed by atoms with van der Waals surface area (Å²) < 4.78 is 0. The van der Waals surface area contributed by atoms with E-state index in [9.17, 15) is 15.2 Å². The molecular weight excluding hydrogens is 268 g/mol. The molecule has 1 saturated heterocycles. The van der Waals surface area contributed by atoms with E-state index in [-0.39, 0.29) is 29.1 Å². The lowest BCUT2D eigenvalue weighted by molar-refractivity contribution is -0.385. The van der Waals surface area contributed by atoms with Gasteiger partial charge in [0.15, 0.2) is 0 Å². The molecule has 5 heteroatoms. The van der Waals surface area contributed by atoms with Crippen LogP contribution in [-0.2, 0) is 0 Å². The number of nitrogens with zero attached hydrogens (tertiary/aromatic N) is 2. The molecule has 2 rings (SSSR count). The lowest BCUT2D eigenvalue weighted by Gasteiger charge is -2.37. The highest BCUT2D eigenvalue weighted by Gasteiger charge is 2.33. The van der Waals surface area contributed by atoms with Gasteiger partial charge in [0.1, 0.15) is 0 Å². The maximum atomic E-state index is 11.2. The number of nitro groups is 1. The minimum atomic E-state index is -0.312. The third-order valence-electron chi connectivity index (χ3n) is 4.41. The first-order valence-corrected chi connectivity index (χ1v) is 7.73. The SMILES string of the molecule is CCCCN1CCC(c2ccccc2[N+](=O)[O-])C(CO)C1. The fourth-order valence-electron chi connectivity index (χ4n) is 3.25. The van der Waals surface area contributed by atoms with E-state index in [1.807, 2.05) is 12.1 Å². The van der Waals surface area contributed by atoms with Gasteiger partial charge >= 0.3 is 0 Å². The maximum absolute atomic E-state index is 11.2. The summed E-state index contributed by atoms with van der Waals surface area (Å²) in [7, 11) is 0. The predicted octanol–water partition coefficient (Wildman–Crippen LogP) is 2.79. The van der Waals surface area contributed by atoms with E-state index in [4.69, 9.17) is 0 Å². The van der Waals surface area contributed by atoms with E-state index in [0.717, 1.165) is 44.5 Å². The number of aliphatic hydroxyl groups is 1. The number of unbranched alkanes of at least 4 members (excludes halogenated alkanes) is 1. The molecule has 1 fully saturated rings. The molecule has 21 heavy (non-hydrogen) atoms. The van der Waals surface area contributed by atoms with Crippen LogP contribution in [0.1, 0.15) is 37.7 Å². The quantitative estimate of drug-likeness (QED) is 0.646. The van der Waals surface area contributed by atoms with Gasteiger partial charge in [0.2, 0.25) is 0 Å². The summed E-state index contributed by atoms with van der Waals surface area (Å²) >= 11 is 0. The molecule has 0 bridgehead atoms. The standard InChI is InChI=1S/C16H24N2O3/c1-2-3-9-17-10-8-14(13(11-17)12-19)15-6-4-5-7-16(15)18(20)21/h4-7,13-14,19H,2-3,8-12H2,1H3. The fourth-order valence-corrected chi connectivity index (χ4v) is 3.25. The molecular formula is C16H24N2O3. The van der Waals surface area contributed by atoms with Gasteiger partial charge in [-0.25, -0.2) is 0 Å². The van der Waals surface area contributed by atoms with Crippen LogP contribution in [0.15, 0.2) is 24.3 Å². The van der Waals surface area contributed by atoms with Crippen molar-refractivity contribution in [2.75, 3.05) is 26.2 Å². The van der Waals surface area contributed by atoms with Crippen molar-refractivity contribution in [2.24, 2.45) is 5.92 Å². The van der Waals surface area contributed by atoms with Crippen LogP contribution in [-0.4, -0.2) is 41.2 Å². The number of piperidine rings is 1. The molecule has 1 N–H and O–H groups in total. The molecule has 1 aliphatic rings. The number of benzene rings is 1. The Morgan fingerprint density at radius 3 is 2.86 bits per heavy atom. The lowest BCUT2D eigenvalue weighted by atomic mass is 9.80. The van der Waals surface area contributed by atoms with Crippen molar-refractivity contribution in [2.45, 2.75) is 32.1 Å². The van der Waals surface area contributed by atoms with Gasteiger partial charge in [0.25, 0.3) is 5.69 Å². The van der Waals surface area contributed by atoms with Crippen LogP contribution in [0.4, 0.5) is 5.69 Å². The topological polar surface area (TPSA) is 66.6 Å². The van der Waals surface area contributed by atoms with E-state index in [0.29, 0.717) is 0 Å². The number of aliphatic hydroxyl groups excluding tert-OH is 1. The fraction of sp³-hybridized carbons (Fsp3) is 0.625. The normalized spacial score (nSPS) is 23.1. The van der Waals surface area contributed by atoms with Gasteiger partial charge in [-0.1, -0.05) is 31.5 Å². The average Bonchev–Trinajstić information content (AvgIpc) is 2.52. The number of para-hydroxylation sites is 1. The van der Waals surface area contributed by atoms with Crippen LogP contribution in [0.5, 0.6) is 0 Å². The van der Waals surface area contributed by atoms with Crippen LogP contribution in [0, 0.1) is 16.0 Å². The Bertz CT molecular complexity index is 478. The zero-order valence-electron chi connectivity index (χ0n) is 12.6. The Kier molecular flexibility index (Phi) is 5.70. The third-order valence-corrected chi connectivity index (χ3v) is 4.41. The van der Waals surface area contributed by atoms with Gasteiger partial charge in [0, 0.05) is 30.7 Å². The Morgan fingerprint density at radius 1 is 1.43 bits per heavy atom. The molecule has 116 valence electrons. The van der Waals surface area contributed by atoms with E-state index >= 15 is 0 Å². The highest BCUT2D eigenvalue weighted by molar-refractivity contribution is 5.43. The Hall–Kier alpha value is -1.46. The molecule has 0 amide bonds. The van der Waals surface area contributed by atoms with Crippen LogP contribution in [0.25, 0.3) is 0 Å². The van der Waals surface area contributed by atoms with Gasteiger partial charge in [-0.2, -0.15) is 0 Å². The summed E-state index contributed by atoms with van der Waals surface area (Å²) in [6.07, 6.45) is 3.20. The van der Waals surface area contributed by atoms with Gasteiger partial charge in [-0.3, -0.25) is 10.1 Å². The molecule has 2 unspecified atom stereocenters. The minimum absolute atomic E-state index is 0.0782.